The largest absolute Gasteiger partial charge is 0.482 e. The van der Waals surface area contributed by atoms with E-state index in [0.717, 1.165) is 30.0 Å². The highest BCUT2D eigenvalue weighted by Crippen LogP contribution is 2.27. The summed E-state index contributed by atoms with van der Waals surface area (Å²) in [4.78, 5) is 24.4. The van der Waals surface area contributed by atoms with Gasteiger partial charge in [-0.05, 0) is 42.7 Å². The normalized spacial score (nSPS) is 16.6. The van der Waals surface area contributed by atoms with E-state index in [-0.39, 0.29) is 6.61 Å². The van der Waals surface area contributed by atoms with E-state index in [0.29, 0.717) is 18.6 Å². The molecule has 1 saturated carbocycles. The van der Waals surface area contributed by atoms with Gasteiger partial charge in [0.05, 0.1) is 6.07 Å². The molecule has 0 bridgehead atoms. The third kappa shape index (κ3) is 4.80. The molecule has 1 aliphatic carbocycles. The van der Waals surface area contributed by atoms with Gasteiger partial charge in [0.15, 0.2) is 12.7 Å². The third-order valence-corrected chi connectivity index (χ3v) is 5.04. The van der Waals surface area contributed by atoms with Gasteiger partial charge in [0.2, 0.25) is 0 Å². The lowest BCUT2D eigenvalue weighted by Gasteiger charge is -2.32. The summed E-state index contributed by atoms with van der Waals surface area (Å²) >= 11 is 0. The van der Waals surface area contributed by atoms with Crippen LogP contribution >= 0.6 is 0 Å². The number of carbonyl (C=O) groups excluding carboxylic acids is 2. The summed E-state index contributed by atoms with van der Waals surface area (Å²) in [5, 5.41) is 14.3. The number of esters is 1. The van der Waals surface area contributed by atoms with E-state index in [4.69, 9.17) is 9.47 Å². The van der Waals surface area contributed by atoms with Crippen molar-refractivity contribution < 1.29 is 19.1 Å². The number of hydrogen-bond donors (Lipinski definition) is 1. The van der Waals surface area contributed by atoms with E-state index in [1.54, 1.807) is 6.07 Å². The number of nitriles is 1. The van der Waals surface area contributed by atoms with Crippen molar-refractivity contribution in [3.05, 3.63) is 42.5 Å². The quantitative estimate of drug-likeness (QED) is 0.775. The fraction of sp³-hybridized carbons (Fsp3) is 0.409. The maximum atomic E-state index is 12.4. The Bertz CT molecular complexity index is 897. The maximum absolute atomic E-state index is 12.4. The van der Waals surface area contributed by atoms with Crippen LogP contribution in [0, 0.1) is 11.3 Å². The Kier molecular flexibility index (Phi) is 6.15. The molecule has 3 rings (SSSR count). The number of rotatable bonds is 6. The van der Waals surface area contributed by atoms with Crippen LogP contribution < -0.4 is 10.1 Å². The molecule has 0 heterocycles. The molecule has 1 atom stereocenters. The average molecular weight is 380 g/mol. The number of ether oxygens (including phenoxy) is 2. The van der Waals surface area contributed by atoms with Crippen LogP contribution in [0.15, 0.2) is 42.5 Å². The molecule has 6 nitrogen and oxygen atoms in total. The maximum Gasteiger partial charge on any atom is 0.344 e. The van der Waals surface area contributed by atoms with E-state index >= 15 is 0 Å². The molecule has 0 aliphatic heterocycles. The van der Waals surface area contributed by atoms with Crippen molar-refractivity contribution in [3.63, 3.8) is 0 Å². The van der Waals surface area contributed by atoms with Crippen molar-refractivity contribution in [1.82, 2.24) is 5.32 Å². The van der Waals surface area contributed by atoms with Crippen molar-refractivity contribution in [3.8, 4) is 11.8 Å². The van der Waals surface area contributed by atoms with E-state index < -0.39 is 23.5 Å². The van der Waals surface area contributed by atoms with Crippen LogP contribution in [0.25, 0.3) is 10.8 Å². The lowest BCUT2D eigenvalue weighted by atomic mass is 9.83. The summed E-state index contributed by atoms with van der Waals surface area (Å²) in [6.07, 6.45) is 3.14. The molecule has 0 aromatic heterocycles. The predicted octanol–water partition coefficient (Wildman–Crippen LogP) is 3.49. The van der Waals surface area contributed by atoms with E-state index in [1.165, 1.54) is 6.92 Å². The molecular formula is C22H24N2O4. The van der Waals surface area contributed by atoms with Crippen LogP contribution in [0.2, 0.25) is 0 Å². The van der Waals surface area contributed by atoms with Crippen LogP contribution in [0.5, 0.6) is 5.75 Å². The highest BCUT2D eigenvalue weighted by molar-refractivity contribution is 5.85. The Morgan fingerprint density at radius 3 is 2.57 bits per heavy atom. The van der Waals surface area contributed by atoms with E-state index in [9.17, 15) is 14.9 Å². The van der Waals surface area contributed by atoms with E-state index in [1.807, 2.05) is 36.4 Å². The molecule has 28 heavy (non-hydrogen) atoms. The Labute approximate surface area is 164 Å². The second-order valence-corrected chi connectivity index (χ2v) is 7.17. The average Bonchev–Trinajstić information content (AvgIpc) is 2.72. The van der Waals surface area contributed by atoms with Gasteiger partial charge in [-0.1, -0.05) is 49.6 Å². The number of hydrogen-bond acceptors (Lipinski definition) is 5. The smallest absolute Gasteiger partial charge is 0.344 e. The molecule has 0 saturated heterocycles. The lowest BCUT2D eigenvalue weighted by Crippen LogP contribution is -2.52. The summed E-state index contributed by atoms with van der Waals surface area (Å²) in [5.41, 5.74) is -0.850. The van der Waals surface area contributed by atoms with Gasteiger partial charge >= 0.3 is 5.97 Å². The molecule has 1 fully saturated rings. The third-order valence-electron chi connectivity index (χ3n) is 5.04. The first-order chi connectivity index (χ1) is 13.5. The number of fused-ring (bicyclic) bond motifs is 1. The standard InChI is InChI=1S/C22H24N2O4/c1-16(21(26)24-22(15-23)11-5-2-6-12-22)28-20(25)14-27-19-10-9-17-7-3-4-8-18(17)13-19/h3-4,7-10,13,16H,2,5-6,11-12,14H2,1H3,(H,24,26)/t16-/m0/s1. The summed E-state index contributed by atoms with van der Waals surface area (Å²) in [7, 11) is 0. The summed E-state index contributed by atoms with van der Waals surface area (Å²) in [6.45, 7) is 1.20. The zero-order chi connectivity index (χ0) is 20.0. The molecule has 1 aliphatic rings. The fourth-order valence-electron chi connectivity index (χ4n) is 3.44. The molecule has 0 spiro atoms. The minimum atomic E-state index is -0.986. The molecule has 0 unspecified atom stereocenters. The topological polar surface area (TPSA) is 88.4 Å². The van der Waals surface area contributed by atoms with Crippen LogP contribution in [-0.4, -0.2) is 30.1 Å². The molecular weight excluding hydrogens is 356 g/mol. The fourth-order valence-corrected chi connectivity index (χ4v) is 3.44. The molecule has 146 valence electrons. The predicted molar refractivity (Wildman–Crippen MR) is 105 cm³/mol. The number of nitrogens with zero attached hydrogens (tertiary/aromatic N) is 1. The van der Waals surface area contributed by atoms with Crippen molar-refractivity contribution in [2.75, 3.05) is 6.61 Å². The number of nitrogens with one attached hydrogen (secondary N) is 1. The van der Waals surface area contributed by atoms with Crippen LogP contribution in [0.4, 0.5) is 0 Å². The van der Waals surface area contributed by atoms with Gasteiger partial charge in [-0.25, -0.2) is 4.79 Å². The van der Waals surface area contributed by atoms with Crippen molar-refractivity contribution >= 4 is 22.6 Å². The Morgan fingerprint density at radius 1 is 1.14 bits per heavy atom. The second kappa shape index (κ2) is 8.75. The summed E-state index contributed by atoms with van der Waals surface area (Å²) < 4.78 is 10.7. The number of benzene rings is 2. The monoisotopic (exact) mass is 380 g/mol. The first-order valence-electron chi connectivity index (χ1n) is 9.56. The van der Waals surface area contributed by atoms with Gasteiger partial charge < -0.3 is 14.8 Å². The van der Waals surface area contributed by atoms with Crippen LogP contribution in [0.1, 0.15) is 39.0 Å². The Balaban J connectivity index is 1.50. The van der Waals surface area contributed by atoms with Gasteiger partial charge in [-0.2, -0.15) is 5.26 Å². The highest BCUT2D eigenvalue weighted by Gasteiger charge is 2.35. The van der Waals surface area contributed by atoms with Crippen LogP contribution in [0.3, 0.4) is 0 Å². The minimum absolute atomic E-state index is 0.292. The van der Waals surface area contributed by atoms with Gasteiger partial charge in [-0.3, -0.25) is 4.79 Å². The Morgan fingerprint density at radius 2 is 1.86 bits per heavy atom. The Hall–Kier alpha value is -3.07. The molecule has 6 heteroatoms. The van der Waals surface area contributed by atoms with Crippen molar-refractivity contribution in [2.45, 2.75) is 50.7 Å². The summed E-state index contributed by atoms with van der Waals surface area (Å²) in [6, 6.07) is 15.6. The highest BCUT2D eigenvalue weighted by atomic mass is 16.6. The van der Waals surface area contributed by atoms with Crippen LogP contribution in [-0.2, 0) is 14.3 Å². The number of amides is 1. The van der Waals surface area contributed by atoms with Gasteiger partial charge in [0, 0.05) is 0 Å². The van der Waals surface area contributed by atoms with Gasteiger partial charge in [0.25, 0.3) is 5.91 Å². The van der Waals surface area contributed by atoms with Crippen molar-refractivity contribution in [2.24, 2.45) is 0 Å². The lowest BCUT2D eigenvalue weighted by molar-refractivity contribution is -0.157. The molecule has 0 radical (unpaired) electrons. The second-order valence-electron chi connectivity index (χ2n) is 7.17. The molecule has 1 N–H and O–H groups in total. The zero-order valence-electron chi connectivity index (χ0n) is 15.9. The molecule has 2 aromatic carbocycles. The van der Waals surface area contributed by atoms with Gasteiger partial charge in [-0.15, -0.1) is 0 Å². The number of carbonyl (C=O) groups is 2. The van der Waals surface area contributed by atoms with E-state index in [2.05, 4.69) is 11.4 Å². The zero-order valence-corrected chi connectivity index (χ0v) is 15.9. The SMILES string of the molecule is C[C@H](OC(=O)COc1ccc2ccccc2c1)C(=O)NC1(C#N)CCCCC1. The molecule has 1 amide bonds. The van der Waals surface area contributed by atoms with Gasteiger partial charge in [0.1, 0.15) is 11.3 Å². The summed E-state index contributed by atoms with van der Waals surface area (Å²) in [5.74, 6) is -0.536. The first-order valence-corrected chi connectivity index (χ1v) is 9.56. The van der Waals surface area contributed by atoms with Crippen molar-refractivity contribution in [1.29, 1.82) is 5.26 Å². The first kappa shape index (κ1) is 19.7. The minimum Gasteiger partial charge on any atom is -0.482 e. The molecule has 2 aromatic rings.